The second kappa shape index (κ2) is 6.02. The van der Waals surface area contributed by atoms with Gasteiger partial charge in [0, 0.05) is 6.04 Å². The molecule has 0 aliphatic heterocycles. The van der Waals surface area contributed by atoms with Gasteiger partial charge in [0.15, 0.2) is 0 Å². The van der Waals surface area contributed by atoms with Gasteiger partial charge in [-0.25, -0.2) is 0 Å². The molecule has 98 valence electrons. The molecule has 0 radical (unpaired) electrons. The molecule has 0 fully saturated rings. The smallest absolute Gasteiger partial charge is 0.00997 e. The fourth-order valence-corrected chi connectivity index (χ4v) is 1.32. The van der Waals surface area contributed by atoms with Crippen molar-refractivity contribution in [1.82, 2.24) is 5.32 Å². The Morgan fingerprint density at radius 3 is 1.88 bits per heavy atom. The van der Waals surface area contributed by atoms with Gasteiger partial charge in [-0.05, 0) is 36.3 Å². The van der Waals surface area contributed by atoms with Crippen LogP contribution < -0.4 is 11.1 Å². The van der Waals surface area contributed by atoms with E-state index in [9.17, 15) is 0 Å². The zero-order valence-corrected chi connectivity index (χ0v) is 12.4. The van der Waals surface area contributed by atoms with Crippen LogP contribution in [0.1, 0.15) is 54.9 Å². The first-order valence-electron chi connectivity index (χ1n) is 6.51. The molecule has 0 saturated carbocycles. The molecule has 0 rings (SSSR count). The highest BCUT2D eigenvalue weighted by Crippen LogP contribution is 2.24. The van der Waals surface area contributed by atoms with Crippen molar-refractivity contribution in [3.8, 4) is 0 Å². The largest absolute Gasteiger partial charge is 0.327 e. The lowest BCUT2D eigenvalue weighted by Crippen LogP contribution is -2.39. The summed E-state index contributed by atoms with van der Waals surface area (Å²) in [5.74, 6) is 0.693. The van der Waals surface area contributed by atoms with E-state index in [0.29, 0.717) is 11.3 Å². The first kappa shape index (κ1) is 15.9. The van der Waals surface area contributed by atoms with E-state index in [1.807, 2.05) is 0 Å². The third kappa shape index (κ3) is 6.49. The molecular formula is C14H32N2. The van der Waals surface area contributed by atoms with Crippen LogP contribution in [0.4, 0.5) is 0 Å². The molecule has 0 heterocycles. The number of nitrogens with one attached hydrogen (secondary N) is 1. The third-order valence-corrected chi connectivity index (χ3v) is 3.67. The summed E-state index contributed by atoms with van der Waals surface area (Å²) in [4.78, 5) is 0. The summed E-state index contributed by atoms with van der Waals surface area (Å²) in [5, 5.41) is 3.51. The molecule has 0 bridgehead atoms. The Bertz CT molecular complexity index is 164. The van der Waals surface area contributed by atoms with E-state index in [0.717, 1.165) is 19.5 Å². The highest BCUT2D eigenvalue weighted by molar-refractivity contribution is 4.78. The van der Waals surface area contributed by atoms with Crippen molar-refractivity contribution in [1.29, 1.82) is 0 Å². The SMILES string of the molecule is CC(CNCCC(N)C(C)(C)C)C(C)(C)C. The van der Waals surface area contributed by atoms with Crippen LogP contribution in [-0.4, -0.2) is 19.1 Å². The van der Waals surface area contributed by atoms with Crippen molar-refractivity contribution in [3.63, 3.8) is 0 Å². The Labute approximate surface area is 102 Å². The quantitative estimate of drug-likeness (QED) is 0.710. The second-order valence-corrected chi connectivity index (χ2v) is 7.23. The molecule has 0 amide bonds. The molecule has 2 heteroatoms. The number of rotatable bonds is 5. The van der Waals surface area contributed by atoms with Crippen molar-refractivity contribution < 1.29 is 0 Å². The molecule has 0 aliphatic carbocycles. The van der Waals surface area contributed by atoms with Crippen molar-refractivity contribution >= 4 is 0 Å². The molecule has 0 aromatic rings. The fraction of sp³-hybridized carbons (Fsp3) is 1.00. The van der Waals surface area contributed by atoms with E-state index in [1.54, 1.807) is 0 Å². The molecule has 0 aromatic carbocycles. The molecule has 2 atom stereocenters. The monoisotopic (exact) mass is 228 g/mol. The van der Waals surface area contributed by atoms with Gasteiger partial charge in [-0.1, -0.05) is 48.5 Å². The van der Waals surface area contributed by atoms with Crippen LogP contribution in [0.3, 0.4) is 0 Å². The van der Waals surface area contributed by atoms with Crippen LogP contribution in [0.15, 0.2) is 0 Å². The summed E-state index contributed by atoms with van der Waals surface area (Å²) in [6, 6.07) is 0.282. The minimum atomic E-state index is 0.220. The van der Waals surface area contributed by atoms with E-state index < -0.39 is 0 Å². The van der Waals surface area contributed by atoms with Crippen molar-refractivity contribution in [2.24, 2.45) is 22.5 Å². The number of hydrogen-bond donors (Lipinski definition) is 2. The van der Waals surface area contributed by atoms with Gasteiger partial charge < -0.3 is 11.1 Å². The average molecular weight is 228 g/mol. The second-order valence-electron chi connectivity index (χ2n) is 7.23. The Hall–Kier alpha value is -0.0800. The van der Waals surface area contributed by atoms with Gasteiger partial charge >= 0.3 is 0 Å². The lowest BCUT2D eigenvalue weighted by atomic mass is 9.82. The highest BCUT2D eigenvalue weighted by atomic mass is 14.9. The van der Waals surface area contributed by atoms with Gasteiger partial charge in [-0.15, -0.1) is 0 Å². The van der Waals surface area contributed by atoms with Gasteiger partial charge in [0.1, 0.15) is 0 Å². The first-order valence-corrected chi connectivity index (χ1v) is 6.51. The third-order valence-electron chi connectivity index (χ3n) is 3.67. The van der Waals surface area contributed by atoms with E-state index in [4.69, 9.17) is 5.73 Å². The van der Waals surface area contributed by atoms with Crippen molar-refractivity contribution in [2.45, 2.75) is 60.9 Å². The van der Waals surface area contributed by atoms with E-state index >= 15 is 0 Å². The molecule has 2 nitrogen and oxygen atoms in total. The van der Waals surface area contributed by atoms with Crippen LogP contribution in [0.5, 0.6) is 0 Å². The maximum Gasteiger partial charge on any atom is 0.00997 e. The Kier molecular flexibility index (Phi) is 5.99. The molecule has 3 N–H and O–H groups in total. The molecule has 0 aliphatic rings. The van der Waals surface area contributed by atoms with E-state index in [1.165, 1.54) is 0 Å². The maximum atomic E-state index is 6.11. The van der Waals surface area contributed by atoms with Gasteiger partial charge in [-0.2, -0.15) is 0 Å². The summed E-state index contributed by atoms with van der Waals surface area (Å²) in [7, 11) is 0. The van der Waals surface area contributed by atoms with Crippen LogP contribution >= 0.6 is 0 Å². The zero-order valence-electron chi connectivity index (χ0n) is 12.4. The maximum absolute atomic E-state index is 6.11. The molecule has 16 heavy (non-hydrogen) atoms. The van der Waals surface area contributed by atoms with Crippen molar-refractivity contribution in [2.75, 3.05) is 13.1 Å². The molecule has 2 unspecified atom stereocenters. The first-order chi connectivity index (χ1) is 7.05. The molecule has 0 saturated heterocycles. The summed E-state index contributed by atoms with van der Waals surface area (Å²) < 4.78 is 0. The molecule has 0 aromatic heterocycles. The van der Waals surface area contributed by atoms with Crippen LogP contribution in [0, 0.1) is 16.7 Å². The van der Waals surface area contributed by atoms with Gasteiger partial charge in [-0.3, -0.25) is 0 Å². The number of hydrogen-bond acceptors (Lipinski definition) is 2. The van der Waals surface area contributed by atoms with Gasteiger partial charge in [0.25, 0.3) is 0 Å². The zero-order chi connectivity index (χ0) is 13.0. The minimum absolute atomic E-state index is 0.220. The lowest BCUT2D eigenvalue weighted by Gasteiger charge is -2.29. The standard InChI is InChI=1S/C14H32N2/c1-11(13(2,3)4)10-16-9-8-12(15)14(5,6)7/h11-12,16H,8-10,15H2,1-7H3. The Balaban J connectivity index is 3.70. The number of nitrogens with two attached hydrogens (primary N) is 1. The molecular weight excluding hydrogens is 196 g/mol. The topological polar surface area (TPSA) is 38.0 Å². The summed E-state index contributed by atoms with van der Waals surface area (Å²) >= 11 is 0. The van der Waals surface area contributed by atoms with E-state index in [2.05, 4.69) is 53.8 Å². The molecule has 0 spiro atoms. The highest BCUT2D eigenvalue weighted by Gasteiger charge is 2.21. The summed E-state index contributed by atoms with van der Waals surface area (Å²) in [6.07, 6.45) is 1.06. The predicted octanol–water partition coefficient (Wildman–Crippen LogP) is 3.02. The van der Waals surface area contributed by atoms with Crippen molar-refractivity contribution in [3.05, 3.63) is 0 Å². The fourth-order valence-electron chi connectivity index (χ4n) is 1.32. The summed E-state index contributed by atoms with van der Waals surface area (Å²) in [6.45, 7) is 17.9. The average Bonchev–Trinajstić information content (AvgIpc) is 2.08. The predicted molar refractivity (Wildman–Crippen MR) is 73.5 cm³/mol. The van der Waals surface area contributed by atoms with Crippen LogP contribution in [0.25, 0.3) is 0 Å². The van der Waals surface area contributed by atoms with E-state index in [-0.39, 0.29) is 11.5 Å². The Morgan fingerprint density at radius 2 is 1.50 bits per heavy atom. The van der Waals surface area contributed by atoms with Crippen LogP contribution in [-0.2, 0) is 0 Å². The minimum Gasteiger partial charge on any atom is -0.327 e. The van der Waals surface area contributed by atoms with Crippen LogP contribution in [0.2, 0.25) is 0 Å². The normalized spacial score (nSPS) is 17.2. The summed E-state index contributed by atoms with van der Waals surface area (Å²) in [5.41, 5.74) is 6.72. The lowest BCUT2D eigenvalue weighted by molar-refractivity contribution is 0.247. The van der Waals surface area contributed by atoms with Gasteiger partial charge in [0.05, 0.1) is 0 Å². The Morgan fingerprint density at radius 1 is 1.00 bits per heavy atom. The van der Waals surface area contributed by atoms with Gasteiger partial charge in [0.2, 0.25) is 0 Å².